The molecule has 1 aromatic carbocycles. The topological polar surface area (TPSA) is 86.5 Å². The van der Waals surface area contributed by atoms with Gasteiger partial charge in [0.15, 0.2) is 0 Å². The van der Waals surface area contributed by atoms with Crippen LogP contribution in [0.5, 0.6) is 5.75 Å². The van der Waals surface area contributed by atoms with Crippen LogP contribution in [0.3, 0.4) is 0 Å². The maximum atomic E-state index is 12.3. The van der Waals surface area contributed by atoms with Gasteiger partial charge in [0.2, 0.25) is 5.91 Å². The van der Waals surface area contributed by atoms with Gasteiger partial charge < -0.3 is 10.5 Å². The Bertz CT molecular complexity index is 594. The average molecular weight is 289 g/mol. The Balaban J connectivity index is 2.14. The predicted octanol–water partition coefficient (Wildman–Crippen LogP) is 2.00. The van der Waals surface area contributed by atoms with Gasteiger partial charge in [-0.05, 0) is 37.0 Å². The monoisotopic (exact) mass is 289 g/mol. The van der Waals surface area contributed by atoms with Crippen LogP contribution in [0.25, 0.3) is 0 Å². The van der Waals surface area contributed by atoms with Crippen molar-refractivity contribution in [2.75, 3.05) is 0 Å². The van der Waals surface area contributed by atoms with E-state index in [0.717, 1.165) is 5.56 Å². The van der Waals surface area contributed by atoms with Crippen molar-refractivity contribution in [1.29, 1.82) is 0 Å². The third kappa shape index (κ3) is 3.48. The third-order valence-electron chi connectivity index (χ3n) is 3.96. The molecule has 0 radical (unpaired) electrons. The molecule has 0 bridgehead atoms. The van der Waals surface area contributed by atoms with Crippen LogP contribution in [0.4, 0.5) is 0 Å². The lowest BCUT2D eigenvalue weighted by Gasteiger charge is -2.26. The Morgan fingerprint density at radius 2 is 2.05 bits per heavy atom. The van der Waals surface area contributed by atoms with Gasteiger partial charge in [0.25, 0.3) is 0 Å². The van der Waals surface area contributed by atoms with Crippen LogP contribution >= 0.6 is 0 Å². The molecule has 0 aromatic heterocycles. The van der Waals surface area contributed by atoms with E-state index in [-0.39, 0.29) is 23.6 Å². The molecule has 0 aliphatic heterocycles. The van der Waals surface area contributed by atoms with Gasteiger partial charge >= 0.3 is 5.97 Å². The van der Waals surface area contributed by atoms with E-state index in [0.29, 0.717) is 30.6 Å². The van der Waals surface area contributed by atoms with Gasteiger partial charge in [-0.15, -0.1) is 0 Å². The molecule has 0 heterocycles. The maximum Gasteiger partial charge on any atom is 0.314 e. The van der Waals surface area contributed by atoms with Crippen LogP contribution in [0, 0.1) is 18.8 Å². The van der Waals surface area contributed by atoms with Crippen molar-refractivity contribution in [3.63, 3.8) is 0 Å². The number of ketones is 1. The number of Topliss-reactive ketones (excluding diaryl/α,β-unsaturated/α-hetero) is 1. The molecule has 2 N–H and O–H groups in total. The first kappa shape index (κ1) is 15.2. The summed E-state index contributed by atoms with van der Waals surface area (Å²) in [6.07, 6.45) is 1.36. The first-order valence-electron chi connectivity index (χ1n) is 7.02. The Morgan fingerprint density at radius 1 is 1.33 bits per heavy atom. The minimum Gasteiger partial charge on any atom is -0.426 e. The van der Waals surface area contributed by atoms with E-state index in [1.807, 2.05) is 6.92 Å². The van der Waals surface area contributed by atoms with Crippen LogP contribution in [0.1, 0.15) is 42.1 Å². The van der Waals surface area contributed by atoms with Gasteiger partial charge in [0, 0.05) is 18.4 Å². The molecule has 1 fully saturated rings. The van der Waals surface area contributed by atoms with Crippen molar-refractivity contribution in [2.45, 2.75) is 33.1 Å². The molecule has 1 saturated carbocycles. The van der Waals surface area contributed by atoms with Crippen molar-refractivity contribution < 1.29 is 19.1 Å². The minimum absolute atomic E-state index is 0.0154. The summed E-state index contributed by atoms with van der Waals surface area (Å²) in [5, 5.41) is 0. The normalized spacial score (nSPS) is 21.9. The fourth-order valence-electron chi connectivity index (χ4n) is 2.60. The molecule has 2 rings (SSSR count). The fourth-order valence-corrected chi connectivity index (χ4v) is 2.60. The summed E-state index contributed by atoms with van der Waals surface area (Å²) in [6.45, 7) is 3.68. The van der Waals surface area contributed by atoms with Gasteiger partial charge in [0.1, 0.15) is 11.5 Å². The molecule has 1 aliphatic carbocycles. The summed E-state index contributed by atoms with van der Waals surface area (Å²) in [5.74, 6) is -0.666. The number of amides is 1. The number of aryl methyl sites for hydroxylation is 1. The summed E-state index contributed by atoms with van der Waals surface area (Å²) < 4.78 is 5.42. The molecule has 1 aliphatic rings. The zero-order valence-corrected chi connectivity index (χ0v) is 12.2. The number of benzene rings is 1. The highest BCUT2D eigenvalue weighted by atomic mass is 16.5. The smallest absolute Gasteiger partial charge is 0.314 e. The standard InChI is InChI=1S/C16H19NO4/c1-9-3-4-11(15(17)19)8-14(9)21-16(20)13-6-5-12(18)7-10(13)2/h3-4,8,10,13H,5-7H2,1-2H3,(H2,17,19). The second-order valence-corrected chi connectivity index (χ2v) is 5.63. The van der Waals surface area contributed by atoms with E-state index in [9.17, 15) is 14.4 Å². The van der Waals surface area contributed by atoms with Crippen LogP contribution in [0.15, 0.2) is 18.2 Å². The lowest BCUT2D eigenvalue weighted by molar-refractivity contribution is -0.143. The largest absolute Gasteiger partial charge is 0.426 e. The molecular formula is C16H19NO4. The Kier molecular flexibility index (Phi) is 4.40. The summed E-state index contributed by atoms with van der Waals surface area (Å²) in [4.78, 5) is 34.8. The van der Waals surface area contributed by atoms with E-state index in [2.05, 4.69) is 0 Å². The quantitative estimate of drug-likeness (QED) is 0.681. The highest BCUT2D eigenvalue weighted by Crippen LogP contribution is 2.30. The SMILES string of the molecule is Cc1ccc(C(N)=O)cc1OC(=O)C1CCC(=O)CC1C. The first-order chi connectivity index (χ1) is 9.88. The number of esters is 1. The number of carbonyl (C=O) groups is 3. The highest BCUT2D eigenvalue weighted by molar-refractivity contribution is 5.93. The second-order valence-electron chi connectivity index (χ2n) is 5.63. The summed E-state index contributed by atoms with van der Waals surface area (Å²) in [7, 11) is 0. The van der Waals surface area contributed by atoms with E-state index in [1.54, 1.807) is 19.1 Å². The second kappa shape index (κ2) is 6.08. The molecule has 2 atom stereocenters. The molecule has 1 aromatic rings. The van der Waals surface area contributed by atoms with Crippen LogP contribution in [-0.4, -0.2) is 17.7 Å². The van der Waals surface area contributed by atoms with Crippen molar-refractivity contribution in [2.24, 2.45) is 17.6 Å². The molecule has 5 heteroatoms. The van der Waals surface area contributed by atoms with Crippen LogP contribution < -0.4 is 10.5 Å². The zero-order chi connectivity index (χ0) is 15.6. The molecule has 0 spiro atoms. The summed E-state index contributed by atoms with van der Waals surface area (Å²) >= 11 is 0. The van der Waals surface area contributed by atoms with Crippen molar-refractivity contribution in [3.8, 4) is 5.75 Å². The molecule has 0 saturated heterocycles. The number of hydrogen-bond acceptors (Lipinski definition) is 4. The number of rotatable bonds is 3. The summed E-state index contributed by atoms with van der Waals surface area (Å²) in [5.41, 5.74) is 6.29. The molecule has 21 heavy (non-hydrogen) atoms. The van der Waals surface area contributed by atoms with Crippen molar-refractivity contribution in [3.05, 3.63) is 29.3 Å². The molecule has 5 nitrogen and oxygen atoms in total. The Hall–Kier alpha value is -2.17. The zero-order valence-electron chi connectivity index (χ0n) is 12.2. The van der Waals surface area contributed by atoms with Crippen LogP contribution in [-0.2, 0) is 9.59 Å². The maximum absolute atomic E-state index is 12.3. The van der Waals surface area contributed by atoms with Crippen LogP contribution in [0.2, 0.25) is 0 Å². The lowest BCUT2D eigenvalue weighted by atomic mass is 9.80. The number of primary amides is 1. The van der Waals surface area contributed by atoms with Crippen molar-refractivity contribution >= 4 is 17.7 Å². The van der Waals surface area contributed by atoms with Gasteiger partial charge in [-0.3, -0.25) is 14.4 Å². The average Bonchev–Trinajstić information content (AvgIpc) is 2.40. The fraction of sp³-hybridized carbons (Fsp3) is 0.438. The third-order valence-corrected chi connectivity index (χ3v) is 3.96. The van der Waals surface area contributed by atoms with Gasteiger partial charge in [-0.25, -0.2) is 0 Å². The lowest BCUT2D eigenvalue weighted by Crippen LogP contribution is -2.32. The predicted molar refractivity (Wildman–Crippen MR) is 76.8 cm³/mol. The summed E-state index contributed by atoms with van der Waals surface area (Å²) in [6, 6.07) is 4.77. The minimum atomic E-state index is -0.566. The van der Waals surface area contributed by atoms with E-state index >= 15 is 0 Å². The van der Waals surface area contributed by atoms with E-state index in [1.165, 1.54) is 6.07 Å². The van der Waals surface area contributed by atoms with E-state index in [4.69, 9.17) is 10.5 Å². The number of ether oxygens (including phenoxy) is 1. The Morgan fingerprint density at radius 3 is 2.67 bits per heavy atom. The molecule has 2 unspecified atom stereocenters. The van der Waals surface area contributed by atoms with E-state index < -0.39 is 5.91 Å². The molecule has 112 valence electrons. The Labute approximate surface area is 123 Å². The van der Waals surface area contributed by atoms with Crippen molar-refractivity contribution in [1.82, 2.24) is 0 Å². The molecule has 1 amide bonds. The molecular weight excluding hydrogens is 270 g/mol. The first-order valence-corrected chi connectivity index (χ1v) is 7.02. The number of carbonyl (C=O) groups excluding carboxylic acids is 3. The number of hydrogen-bond donors (Lipinski definition) is 1. The number of nitrogens with two attached hydrogens (primary N) is 1. The van der Waals surface area contributed by atoms with Gasteiger partial charge in [0.05, 0.1) is 5.92 Å². The van der Waals surface area contributed by atoms with Gasteiger partial charge in [-0.2, -0.15) is 0 Å². The highest BCUT2D eigenvalue weighted by Gasteiger charge is 2.33. The van der Waals surface area contributed by atoms with Gasteiger partial charge in [-0.1, -0.05) is 13.0 Å².